The van der Waals surface area contributed by atoms with Crippen molar-refractivity contribution in [2.24, 2.45) is 0 Å². The summed E-state index contributed by atoms with van der Waals surface area (Å²) in [5.41, 5.74) is 2.38. The predicted octanol–water partition coefficient (Wildman–Crippen LogP) is 4.70. The molecule has 0 spiro atoms. The number of carbonyl (C=O) groups excluding carboxylic acids is 2. The molecule has 3 aromatic carbocycles. The van der Waals surface area contributed by atoms with E-state index in [1.54, 1.807) is 42.6 Å². The number of pyridine rings is 1. The molecule has 9 nitrogen and oxygen atoms in total. The van der Waals surface area contributed by atoms with E-state index < -0.39 is 10.0 Å². The zero-order chi connectivity index (χ0) is 28.8. The molecule has 0 radical (unpaired) electrons. The summed E-state index contributed by atoms with van der Waals surface area (Å²) in [5.74, 6) is 0.234. The molecule has 2 heterocycles. The van der Waals surface area contributed by atoms with Gasteiger partial charge in [-0.15, -0.1) is 0 Å². The van der Waals surface area contributed by atoms with E-state index in [0.717, 1.165) is 37.0 Å². The van der Waals surface area contributed by atoms with E-state index in [-0.39, 0.29) is 16.8 Å². The van der Waals surface area contributed by atoms with Crippen LogP contribution in [-0.4, -0.2) is 61.3 Å². The van der Waals surface area contributed by atoms with Crippen molar-refractivity contribution in [1.82, 2.24) is 14.8 Å². The summed E-state index contributed by atoms with van der Waals surface area (Å²) in [4.78, 5) is 33.2. The summed E-state index contributed by atoms with van der Waals surface area (Å²) in [6.45, 7) is 5.33. The first-order valence-corrected chi connectivity index (χ1v) is 15.1. The van der Waals surface area contributed by atoms with Crippen LogP contribution in [0.25, 0.3) is 10.9 Å². The van der Waals surface area contributed by atoms with E-state index in [4.69, 9.17) is 4.74 Å². The predicted molar refractivity (Wildman–Crippen MR) is 157 cm³/mol. The van der Waals surface area contributed by atoms with Gasteiger partial charge in [0.15, 0.2) is 0 Å². The number of hydrogen-bond acceptors (Lipinski definition) is 7. The summed E-state index contributed by atoms with van der Waals surface area (Å²) < 4.78 is 34.1. The second kappa shape index (κ2) is 12.5. The lowest BCUT2D eigenvalue weighted by atomic mass is 10.1. The Bertz CT molecular complexity index is 1630. The fraction of sp³-hybridized carbons (Fsp3) is 0.258. The van der Waals surface area contributed by atoms with Crippen LogP contribution in [-0.2, 0) is 21.4 Å². The molecule has 0 unspecified atom stereocenters. The maximum atomic E-state index is 13.1. The highest BCUT2D eigenvalue weighted by molar-refractivity contribution is 7.93. The molecule has 1 saturated heterocycles. The van der Waals surface area contributed by atoms with E-state index >= 15 is 0 Å². The average Bonchev–Trinajstić information content (AvgIpc) is 2.98. The molecule has 1 aliphatic rings. The number of amides is 1. The third-order valence-corrected chi connectivity index (χ3v) is 8.36. The van der Waals surface area contributed by atoms with Gasteiger partial charge >= 0.3 is 5.97 Å². The van der Waals surface area contributed by atoms with Crippen molar-refractivity contribution in [2.75, 3.05) is 30.9 Å². The van der Waals surface area contributed by atoms with Crippen molar-refractivity contribution in [1.29, 1.82) is 0 Å². The number of sulfonamides is 1. The van der Waals surface area contributed by atoms with Crippen molar-refractivity contribution in [2.45, 2.75) is 31.2 Å². The highest BCUT2D eigenvalue weighted by atomic mass is 32.2. The van der Waals surface area contributed by atoms with E-state index in [1.807, 2.05) is 48.2 Å². The lowest BCUT2D eigenvalue weighted by Crippen LogP contribution is -2.48. The number of aromatic nitrogens is 1. The van der Waals surface area contributed by atoms with Gasteiger partial charge in [0.05, 0.1) is 5.52 Å². The highest BCUT2D eigenvalue weighted by Gasteiger charge is 2.23. The molecule has 5 rings (SSSR count). The minimum absolute atomic E-state index is 0.0874. The Kier molecular flexibility index (Phi) is 8.61. The molecule has 0 aliphatic carbocycles. The Hall–Kier alpha value is -4.28. The Morgan fingerprint density at radius 3 is 2.32 bits per heavy atom. The third-order valence-electron chi connectivity index (χ3n) is 6.94. The van der Waals surface area contributed by atoms with Gasteiger partial charge in [0, 0.05) is 62.0 Å². The standard InChI is InChI=1S/C31H32N4O5S/c1-2-5-29(36)40-27-15-9-23(10-16-27)22-34-18-20-35(21-19-34)31(37)25-11-13-26(14-12-25)33-41(38,39)28-8-3-6-24-7-4-17-32-30(24)28/h3-4,6-17,33H,2,5,18-22H2,1H3. The number of piperazine rings is 1. The van der Waals surface area contributed by atoms with Crippen molar-refractivity contribution < 1.29 is 22.7 Å². The minimum Gasteiger partial charge on any atom is -0.427 e. The number of nitrogens with zero attached hydrogens (tertiary/aromatic N) is 3. The van der Waals surface area contributed by atoms with Gasteiger partial charge in [-0.05, 0) is 60.5 Å². The van der Waals surface area contributed by atoms with Crippen LogP contribution in [0.3, 0.4) is 0 Å². The van der Waals surface area contributed by atoms with Crippen LogP contribution < -0.4 is 9.46 Å². The normalized spacial score (nSPS) is 14.1. The summed E-state index contributed by atoms with van der Waals surface area (Å²) in [6.07, 6.45) is 2.72. The van der Waals surface area contributed by atoms with Gasteiger partial charge in [-0.2, -0.15) is 0 Å². The lowest BCUT2D eigenvalue weighted by molar-refractivity contribution is -0.134. The van der Waals surface area contributed by atoms with Crippen LogP contribution in [0.1, 0.15) is 35.7 Å². The Morgan fingerprint density at radius 2 is 1.61 bits per heavy atom. The van der Waals surface area contributed by atoms with E-state index in [9.17, 15) is 18.0 Å². The minimum atomic E-state index is -3.87. The molecule has 10 heteroatoms. The number of rotatable bonds is 9. The molecule has 1 aliphatic heterocycles. The number of esters is 1. The van der Waals surface area contributed by atoms with Gasteiger partial charge < -0.3 is 9.64 Å². The van der Waals surface area contributed by atoms with Crippen LogP contribution in [0, 0.1) is 0 Å². The molecule has 41 heavy (non-hydrogen) atoms. The number of fused-ring (bicyclic) bond motifs is 1. The first-order valence-electron chi connectivity index (χ1n) is 13.6. The van der Waals surface area contributed by atoms with Crippen molar-refractivity contribution in [3.05, 3.63) is 96.2 Å². The number of para-hydroxylation sites is 1. The van der Waals surface area contributed by atoms with E-state index in [0.29, 0.717) is 42.0 Å². The number of carbonyl (C=O) groups is 2. The van der Waals surface area contributed by atoms with Crippen LogP contribution in [0.4, 0.5) is 5.69 Å². The summed E-state index contributed by atoms with van der Waals surface area (Å²) in [6, 6.07) is 22.6. The molecule has 0 saturated carbocycles. The second-order valence-corrected chi connectivity index (χ2v) is 11.6. The van der Waals surface area contributed by atoms with Crippen molar-refractivity contribution in [3.63, 3.8) is 0 Å². The fourth-order valence-corrected chi connectivity index (χ4v) is 6.02. The van der Waals surface area contributed by atoms with Crippen LogP contribution in [0.15, 0.2) is 90.0 Å². The quantitative estimate of drug-likeness (QED) is 0.229. The molecule has 0 bridgehead atoms. The average molecular weight is 573 g/mol. The van der Waals surface area contributed by atoms with Gasteiger partial charge in [0.25, 0.3) is 15.9 Å². The van der Waals surface area contributed by atoms with Gasteiger partial charge in [-0.25, -0.2) is 8.42 Å². The Labute approximate surface area is 239 Å². The maximum absolute atomic E-state index is 13.1. The molecule has 1 aromatic heterocycles. The van der Waals surface area contributed by atoms with Gasteiger partial charge in [-0.1, -0.05) is 37.3 Å². The van der Waals surface area contributed by atoms with Gasteiger partial charge in [0.2, 0.25) is 0 Å². The molecule has 212 valence electrons. The lowest BCUT2D eigenvalue weighted by Gasteiger charge is -2.34. The maximum Gasteiger partial charge on any atom is 0.311 e. The van der Waals surface area contributed by atoms with Crippen LogP contribution in [0.2, 0.25) is 0 Å². The highest BCUT2D eigenvalue weighted by Crippen LogP contribution is 2.24. The zero-order valence-corrected chi connectivity index (χ0v) is 23.6. The monoisotopic (exact) mass is 572 g/mol. The molecular formula is C31H32N4O5S. The zero-order valence-electron chi connectivity index (χ0n) is 22.8. The van der Waals surface area contributed by atoms with Gasteiger partial charge in [0.1, 0.15) is 10.6 Å². The number of benzene rings is 3. The van der Waals surface area contributed by atoms with Crippen LogP contribution in [0.5, 0.6) is 5.75 Å². The number of anilines is 1. The van der Waals surface area contributed by atoms with Crippen molar-refractivity contribution >= 4 is 38.5 Å². The first kappa shape index (κ1) is 28.3. The second-order valence-electron chi connectivity index (χ2n) is 9.95. The number of nitrogens with one attached hydrogen (secondary N) is 1. The van der Waals surface area contributed by atoms with Crippen LogP contribution >= 0.6 is 0 Å². The molecular weight excluding hydrogens is 540 g/mol. The van der Waals surface area contributed by atoms with E-state index in [1.165, 1.54) is 6.07 Å². The van der Waals surface area contributed by atoms with E-state index in [2.05, 4.69) is 14.6 Å². The SMILES string of the molecule is CCCC(=O)Oc1ccc(CN2CCN(C(=O)c3ccc(NS(=O)(=O)c4cccc5cccnc45)cc3)CC2)cc1. The number of hydrogen-bond donors (Lipinski definition) is 1. The van der Waals surface area contributed by atoms with Gasteiger partial charge in [-0.3, -0.25) is 24.2 Å². The fourth-order valence-electron chi connectivity index (χ4n) is 4.78. The largest absolute Gasteiger partial charge is 0.427 e. The molecule has 4 aromatic rings. The third kappa shape index (κ3) is 6.90. The topological polar surface area (TPSA) is 109 Å². The molecule has 1 N–H and O–H groups in total. The first-order chi connectivity index (χ1) is 19.8. The number of ether oxygens (including phenoxy) is 1. The molecule has 0 atom stereocenters. The smallest absolute Gasteiger partial charge is 0.311 e. The summed E-state index contributed by atoms with van der Waals surface area (Å²) in [7, 11) is -3.87. The molecule has 1 fully saturated rings. The Morgan fingerprint density at radius 1 is 0.902 bits per heavy atom. The summed E-state index contributed by atoms with van der Waals surface area (Å²) in [5, 5.41) is 0.736. The molecule has 1 amide bonds. The van der Waals surface area contributed by atoms with Crippen molar-refractivity contribution in [3.8, 4) is 5.75 Å². The summed E-state index contributed by atoms with van der Waals surface area (Å²) >= 11 is 0. The Balaban J connectivity index is 1.14.